The molecule has 4 rings (SSSR count). The second-order valence-electron chi connectivity index (χ2n) is 6.34. The van der Waals surface area contributed by atoms with Crippen molar-refractivity contribution in [3.05, 3.63) is 102 Å². The number of fused-ring (bicyclic) bond motifs is 1. The van der Waals surface area contributed by atoms with Crippen LogP contribution in [0.5, 0.6) is 11.5 Å². The standard InChI is InChI=1S/C24H20NO2/c1-18-23(26-16-19-8-3-2-4-9-19)12-7-13-24(18)27-17-21-15-14-20-10-5-6-11-22(20)25-21/h2-8,10-15H,16-17H2,1H3. The van der Waals surface area contributed by atoms with Crippen molar-refractivity contribution >= 4 is 10.9 Å². The van der Waals surface area contributed by atoms with Gasteiger partial charge in [0, 0.05) is 10.9 Å². The topological polar surface area (TPSA) is 31.4 Å². The van der Waals surface area contributed by atoms with E-state index in [1.165, 1.54) is 0 Å². The Morgan fingerprint density at radius 3 is 2.37 bits per heavy atom. The van der Waals surface area contributed by atoms with Crippen molar-refractivity contribution in [1.29, 1.82) is 0 Å². The van der Waals surface area contributed by atoms with Crippen LogP contribution in [-0.2, 0) is 13.2 Å². The van der Waals surface area contributed by atoms with Crippen molar-refractivity contribution < 1.29 is 9.47 Å². The molecule has 0 spiro atoms. The number of para-hydroxylation sites is 1. The molecule has 4 aromatic rings. The van der Waals surface area contributed by atoms with Gasteiger partial charge in [0.1, 0.15) is 24.7 Å². The zero-order valence-corrected chi connectivity index (χ0v) is 15.2. The van der Waals surface area contributed by atoms with Crippen molar-refractivity contribution in [1.82, 2.24) is 4.98 Å². The number of aromatic nitrogens is 1. The first-order chi connectivity index (χ1) is 13.3. The van der Waals surface area contributed by atoms with Crippen molar-refractivity contribution in [2.75, 3.05) is 0 Å². The van der Waals surface area contributed by atoms with Gasteiger partial charge < -0.3 is 9.47 Å². The maximum atomic E-state index is 6.01. The fraction of sp³-hybridized carbons (Fsp3) is 0.125. The molecule has 0 unspecified atom stereocenters. The number of pyridine rings is 1. The molecule has 0 aliphatic carbocycles. The summed E-state index contributed by atoms with van der Waals surface area (Å²) in [5.41, 5.74) is 3.88. The van der Waals surface area contributed by atoms with E-state index in [-0.39, 0.29) is 0 Å². The van der Waals surface area contributed by atoms with Crippen molar-refractivity contribution in [2.24, 2.45) is 0 Å². The highest BCUT2D eigenvalue weighted by Crippen LogP contribution is 2.28. The van der Waals surface area contributed by atoms with Gasteiger partial charge in [0.25, 0.3) is 0 Å². The lowest BCUT2D eigenvalue weighted by Gasteiger charge is -2.14. The molecular formula is C24H20NO2. The Morgan fingerprint density at radius 1 is 0.778 bits per heavy atom. The molecule has 0 aliphatic rings. The van der Waals surface area contributed by atoms with Crippen LogP contribution in [0.2, 0.25) is 0 Å². The molecule has 0 atom stereocenters. The Bertz CT molecular complexity index is 1040. The first kappa shape index (κ1) is 17.1. The molecule has 0 fully saturated rings. The smallest absolute Gasteiger partial charge is 0.130 e. The van der Waals surface area contributed by atoms with Crippen molar-refractivity contribution in [3.63, 3.8) is 0 Å². The van der Waals surface area contributed by atoms with Crippen LogP contribution in [0, 0.1) is 13.0 Å². The fourth-order valence-corrected chi connectivity index (χ4v) is 2.92. The van der Waals surface area contributed by atoms with Crippen LogP contribution in [0.1, 0.15) is 16.8 Å². The van der Waals surface area contributed by atoms with E-state index in [1.54, 1.807) is 0 Å². The Kier molecular flexibility index (Phi) is 5.01. The van der Waals surface area contributed by atoms with E-state index in [9.17, 15) is 0 Å². The minimum absolute atomic E-state index is 0.418. The molecule has 0 saturated carbocycles. The molecule has 1 radical (unpaired) electrons. The molecule has 0 aliphatic heterocycles. The SMILES string of the molecule is Cc1c(OCc2[c]cccc2)cccc1OCc1ccc2ccccc2n1. The Morgan fingerprint density at radius 2 is 1.56 bits per heavy atom. The molecule has 1 aromatic heterocycles. The van der Waals surface area contributed by atoms with E-state index >= 15 is 0 Å². The molecule has 27 heavy (non-hydrogen) atoms. The van der Waals surface area contributed by atoms with Crippen LogP contribution < -0.4 is 9.47 Å². The molecule has 3 nitrogen and oxygen atoms in total. The zero-order chi connectivity index (χ0) is 18.5. The molecule has 0 N–H and O–H groups in total. The second-order valence-corrected chi connectivity index (χ2v) is 6.34. The highest BCUT2D eigenvalue weighted by Gasteiger charge is 2.08. The third-order valence-electron chi connectivity index (χ3n) is 4.42. The summed E-state index contributed by atoms with van der Waals surface area (Å²) in [4.78, 5) is 4.66. The van der Waals surface area contributed by atoms with Gasteiger partial charge >= 0.3 is 0 Å². The monoisotopic (exact) mass is 354 g/mol. The van der Waals surface area contributed by atoms with Gasteiger partial charge in [-0.2, -0.15) is 0 Å². The van der Waals surface area contributed by atoms with Crippen LogP contribution in [0.3, 0.4) is 0 Å². The predicted molar refractivity (Wildman–Crippen MR) is 107 cm³/mol. The summed E-state index contributed by atoms with van der Waals surface area (Å²) in [6, 6.07) is 29.0. The molecule has 133 valence electrons. The number of ether oxygens (including phenoxy) is 2. The average molecular weight is 354 g/mol. The zero-order valence-electron chi connectivity index (χ0n) is 15.2. The van der Waals surface area contributed by atoms with E-state index in [0.717, 1.165) is 39.2 Å². The van der Waals surface area contributed by atoms with Gasteiger partial charge in [0.15, 0.2) is 0 Å². The summed E-state index contributed by atoms with van der Waals surface area (Å²) in [7, 11) is 0. The highest BCUT2D eigenvalue weighted by molar-refractivity contribution is 5.78. The highest BCUT2D eigenvalue weighted by atomic mass is 16.5. The lowest BCUT2D eigenvalue weighted by Crippen LogP contribution is -2.02. The van der Waals surface area contributed by atoms with Crippen LogP contribution in [0.15, 0.2) is 78.9 Å². The van der Waals surface area contributed by atoms with Crippen molar-refractivity contribution in [2.45, 2.75) is 20.1 Å². The first-order valence-electron chi connectivity index (χ1n) is 8.95. The summed E-state index contributed by atoms with van der Waals surface area (Å²) in [5, 5.41) is 1.13. The first-order valence-corrected chi connectivity index (χ1v) is 8.95. The van der Waals surface area contributed by atoms with Crippen LogP contribution >= 0.6 is 0 Å². The maximum Gasteiger partial charge on any atom is 0.130 e. The Hall–Kier alpha value is -3.33. The molecule has 1 heterocycles. The van der Waals surface area contributed by atoms with Crippen molar-refractivity contribution in [3.8, 4) is 11.5 Å². The normalized spacial score (nSPS) is 10.7. The van der Waals surface area contributed by atoms with Gasteiger partial charge in [-0.3, -0.25) is 0 Å². The quantitative estimate of drug-likeness (QED) is 0.458. The summed E-state index contributed by atoms with van der Waals surface area (Å²) >= 11 is 0. The van der Waals surface area contributed by atoms with Gasteiger partial charge in [-0.1, -0.05) is 54.6 Å². The minimum atomic E-state index is 0.418. The van der Waals surface area contributed by atoms with E-state index < -0.39 is 0 Å². The van der Waals surface area contributed by atoms with E-state index in [1.807, 2.05) is 73.7 Å². The van der Waals surface area contributed by atoms with Crippen LogP contribution in [0.4, 0.5) is 0 Å². The molecule has 0 amide bonds. The molecular weight excluding hydrogens is 334 g/mol. The third-order valence-corrected chi connectivity index (χ3v) is 4.42. The largest absolute Gasteiger partial charge is 0.488 e. The maximum absolute atomic E-state index is 6.01. The fourth-order valence-electron chi connectivity index (χ4n) is 2.92. The molecule has 3 aromatic carbocycles. The third kappa shape index (κ3) is 4.09. The predicted octanol–water partition coefficient (Wildman–Crippen LogP) is 5.50. The summed E-state index contributed by atoms with van der Waals surface area (Å²) in [6.07, 6.45) is 0. The van der Waals surface area contributed by atoms with E-state index in [0.29, 0.717) is 13.2 Å². The number of hydrogen-bond donors (Lipinski definition) is 0. The number of nitrogens with zero attached hydrogens (tertiary/aromatic N) is 1. The number of hydrogen-bond acceptors (Lipinski definition) is 3. The Labute approximate surface area is 159 Å². The van der Waals surface area contributed by atoms with Crippen LogP contribution in [-0.4, -0.2) is 4.98 Å². The summed E-state index contributed by atoms with van der Waals surface area (Å²) in [5.74, 6) is 1.62. The lowest BCUT2D eigenvalue weighted by atomic mass is 10.2. The van der Waals surface area contributed by atoms with E-state index in [2.05, 4.69) is 23.2 Å². The van der Waals surface area contributed by atoms with E-state index in [4.69, 9.17) is 9.47 Å². The Balaban J connectivity index is 1.45. The van der Waals surface area contributed by atoms with Gasteiger partial charge in [-0.05, 0) is 42.8 Å². The van der Waals surface area contributed by atoms with Gasteiger partial charge in [-0.25, -0.2) is 4.98 Å². The number of rotatable bonds is 6. The minimum Gasteiger partial charge on any atom is -0.488 e. The molecule has 3 heteroatoms. The lowest BCUT2D eigenvalue weighted by molar-refractivity contribution is 0.284. The van der Waals surface area contributed by atoms with Gasteiger partial charge in [0.2, 0.25) is 0 Å². The number of benzene rings is 3. The average Bonchev–Trinajstić information content (AvgIpc) is 2.73. The second kappa shape index (κ2) is 7.92. The molecule has 0 saturated heterocycles. The van der Waals surface area contributed by atoms with Gasteiger partial charge in [-0.15, -0.1) is 0 Å². The van der Waals surface area contributed by atoms with Gasteiger partial charge in [0.05, 0.1) is 11.2 Å². The summed E-state index contributed by atoms with van der Waals surface area (Å²) in [6.45, 7) is 2.91. The summed E-state index contributed by atoms with van der Waals surface area (Å²) < 4.78 is 12.0. The van der Waals surface area contributed by atoms with Crippen LogP contribution in [0.25, 0.3) is 10.9 Å². The molecule has 0 bridgehead atoms.